The fourth-order valence-electron chi connectivity index (χ4n) is 4.80. The standard InChI is InChI=1S/C31H40OS/c1-5-31(33-22-26-16-18-30(32)19-17-26)21-29(25(4)28-14-10-7-11-15-28)20-23(2)24(3)27-12-8-6-9-13-27/h6-19,23-25,29,31-32H,5,20-22H2,1-4H3. The zero-order valence-corrected chi connectivity index (χ0v) is 21.5. The normalized spacial score (nSPS) is 16.0. The van der Waals surface area contributed by atoms with Crippen LogP contribution in [0.3, 0.4) is 0 Å². The molecule has 0 aliphatic heterocycles. The Balaban J connectivity index is 1.71. The van der Waals surface area contributed by atoms with Gasteiger partial charge in [-0.05, 0) is 71.8 Å². The number of hydrogen-bond acceptors (Lipinski definition) is 2. The van der Waals surface area contributed by atoms with Crippen LogP contribution < -0.4 is 0 Å². The molecule has 0 fully saturated rings. The predicted octanol–water partition coefficient (Wildman–Crippen LogP) is 9.04. The smallest absolute Gasteiger partial charge is 0.115 e. The molecule has 0 saturated carbocycles. The summed E-state index contributed by atoms with van der Waals surface area (Å²) in [6, 6.07) is 29.7. The first-order valence-electron chi connectivity index (χ1n) is 12.5. The molecule has 33 heavy (non-hydrogen) atoms. The van der Waals surface area contributed by atoms with Crippen LogP contribution in [0.2, 0.25) is 0 Å². The second kappa shape index (κ2) is 12.9. The number of aromatic hydroxyl groups is 1. The average Bonchev–Trinajstić information content (AvgIpc) is 2.86. The summed E-state index contributed by atoms with van der Waals surface area (Å²) < 4.78 is 0. The molecule has 0 spiro atoms. The summed E-state index contributed by atoms with van der Waals surface area (Å²) in [5.74, 6) is 3.71. The molecular weight excluding hydrogens is 420 g/mol. The molecule has 3 aromatic carbocycles. The monoisotopic (exact) mass is 460 g/mol. The molecular formula is C31H40OS. The maximum atomic E-state index is 9.57. The molecule has 5 unspecified atom stereocenters. The molecule has 0 radical (unpaired) electrons. The molecule has 3 rings (SSSR count). The largest absolute Gasteiger partial charge is 0.508 e. The third-order valence-electron chi connectivity index (χ3n) is 7.33. The average molecular weight is 461 g/mol. The molecule has 1 N–H and O–H groups in total. The lowest BCUT2D eigenvalue weighted by molar-refractivity contribution is 0.300. The predicted molar refractivity (Wildman–Crippen MR) is 145 cm³/mol. The fourth-order valence-corrected chi connectivity index (χ4v) is 6.04. The minimum absolute atomic E-state index is 0.342. The van der Waals surface area contributed by atoms with Gasteiger partial charge >= 0.3 is 0 Å². The van der Waals surface area contributed by atoms with Gasteiger partial charge in [0.15, 0.2) is 0 Å². The van der Waals surface area contributed by atoms with Crippen LogP contribution in [0.4, 0.5) is 0 Å². The van der Waals surface area contributed by atoms with Gasteiger partial charge in [-0.1, -0.05) is 100 Å². The van der Waals surface area contributed by atoms with E-state index in [1.54, 1.807) is 12.1 Å². The van der Waals surface area contributed by atoms with E-state index >= 15 is 0 Å². The van der Waals surface area contributed by atoms with Crippen molar-refractivity contribution >= 4 is 11.8 Å². The Bertz CT molecular complexity index is 922. The first-order valence-corrected chi connectivity index (χ1v) is 13.5. The molecule has 2 heteroatoms. The molecule has 0 saturated heterocycles. The molecule has 0 bridgehead atoms. The Morgan fingerprint density at radius 1 is 0.697 bits per heavy atom. The van der Waals surface area contributed by atoms with Gasteiger partial charge in [-0.25, -0.2) is 0 Å². The van der Waals surface area contributed by atoms with Crippen molar-refractivity contribution in [3.8, 4) is 5.75 Å². The van der Waals surface area contributed by atoms with E-state index in [4.69, 9.17) is 0 Å². The van der Waals surface area contributed by atoms with E-state index in [0.29, 0.717) is 34.7 Å². The summed E-state index contributed by atoms with van der Waals surface area (Å²) in [4.78, 5) is 0. The van der Waals surface area contributed by atoms with Crippen LogP contribution in [0.25, 0.3) is 0 Å². The quantitative estimate of drug-likeness (QED) is 0.291. The highest BCUT2D eigenvalue weighted by Gasteiger charge is 2.27. The fraction of sp³-hybridized carbons (Fsp3) is 0.419. The topological polar surface area (TPSA) is 20.2 Å². The Hall–Kier alpha value is -2.19. The summed E-state index contributed by atoms with van der Waals surface area (Å²) in [6.45, 7) is 9.58. The van der Waals surface area contributed by atoms with Gasteiger partial charge in [0, 0.05) is 11.0 Å². The van der Waals surface area contributed by atoms with Crippen molar-refractivity contribution in [3.05, 3.63) is 102 Å². The molecule has 0 aliphatic rings. The van der Waals surface area contributed by atoms with E-state index in [-0.39, 0.29) is 0 Å². The molecule has 3 aromatic rings. The maximum absolute atomic E-state index is 9.57. The van der Waals surface area contributed by atoms with Gasteiger partial charge in [-0.2, -0.15) is 11.8 Å². The molecule has 1 nitrogen and oxygen atoms in total. The van der Waals surface area contributed by atoms with Gasteiger partial charge in [0.2, 0.25) is 0 Å². The van der Waals surface area contributed by atoms with E-state index in [1.165, 1.54) is 36.0 Å². The second-order valence-electron chi connectivity index (χ2n) is 9.62. The van der Waals surface area contributed by atoms with Crippen molar-refractivity contribution in [2.45, 2.75) is 69.8 Å². The SMILES string of the molecule is CCC(CC(CC(C)C(C)c1ccccc1)C(C)c1ccccc1)SCc1ccc(O)cc1. The molecule has 0 heterocycles. The maximum Gasteiger partial charge on any atom is 0.115 e. The zero-order chi connectivity index (χ0) is 23.6. The van der Waals surface area contributed by atoms with E-state index in [9.17, 15) is 5.11 Å². The van der Waals surface area contributed by atoms with Crippen LogP contribution >= 0.6 is 11.8 Å². The molecule has 0 amide bonds. The Morgan fingerprint density at radius 3 is 1.79 bits per heavy atom. The third kappa shape index (κ3) is 7.67. The summed E-state index contributed by atoms with van der Waals surface area (Å²) in [5.41, 5.74) is 4.19. The van der Waals surface area contributed by atoms with Gasteiger partial charge in [0.05, 0.1) is 0 Å². The van der Waals surface area contributed by atoms with Gasteiger partial charge < -0.3 is 5.11 Å². The van der Waals surface area contributed by atoms with Gasteiger partial charge in [-0.3, -0.25) is 0 Å². The minimum atomic E-state index is 0.342. The number of phenolic OH excluding ortho intramolecular Hbond substituents is 1. The number of phenols is 1. The summed E-state index contributed by atoms with van der Waals surface area (Å²) in [6.07, 6.45) is 3.66. The Morgan fingerprint density at radius 2 is 1.24 bits per heavy atom. The number of benzene rings is 3. The van der Waals surface area contributed by atoms with Crippen LogP contribution in [0.1, 0.15) is 75.5 Å². The van der Waals surface area contributed by atoms with E-state index in [1.807, 2.05) is 12.1 Å². The van der Waals surface area contributed by atoms with E-state index < -0.39 is 0 Å². The molecule has 5 atom stereocenters. The van der Waals surface area contributed by atoms with Gasteiger partial charge in [0.25, 0.3) is 0 Å². The number of rotatable bonds is 12. The first-order chi connectivity index (χ1) is 16.0. The van der Waals surface area contributed by atoms with Crippen molar-refractivity contribution < 1.29 is 5.11 Å². The van der Waals surface area contributed by atoms with Crippen LogP contribution in [-0.4, -0.2) is 10.4 Å². The lowest BCUT2D eigenvalue weighted by Crippen LogP contribution is -2.21. The highest BCUT2D eigenvalue weighted by atomic mass is 32.2. The van der Waals surface area contributed by atoms with E-state index in [0.717, 1.165) is 5.75 Å². The highest BCUT2D eigenvalue weighted by molar-refractivity contribution is 7.99. The number of hydrogen-bond donors (Lipinski definition) is 1. The molecule has 0 aromatic heterocycles. The first kappa shape index (κ1) is 25.4. The highest BCUT2D eigenvalue weighted by Crippen LogP contribution is 2.40. The van der Waals surface area contributed by atoms with Crippen LogP contribution in [-0.2, 0) is 5.75 Å². The van der Waals surface area contributed by atoms with Crippen LogP contribution in [0, 0.1) is 11.8 Å². The lowest BCUT2D eigenvalue weighted by atomic mass is 9.75. The summed E-state index contributed by atoms with van der Waals surface area (Å²) in [5, 5.41) is 10.2. The van der Waals surface area contributed by atoms with Gasteiger partial charge in [0.1, 0.15) is 5.75 Å². The number of thioether (sulfide) groups is 1. The molecule has 0 aliphatic carbocycles. The Labute approximate surface area is 205 Å². The van der Waals surface area contributed by atoms with Crippen molar-refractivity contribution in [2.24, 2.45) is 11.8 Å². The van der Waals surface area contributed by atoms with Crippen LogP contribution in [0.5, 0.6) is 5.75 Å². The molecule has 176 valence electrons. The van der Waals surface area contributed by atoms with Crippen LogP contribution in [0.15, 0.2) is 84.9 Å². The second-order valence-corrected chi connectivity index (χ2v) is 10.9. The van der Waals surface area contributed by atoms with Crippen molar-refractivity contribution in [2.75, 3.05) is 0 Å². The van der Waals surface area contributed by atoms with Gasteiger partial charge in [-0.15, -0.1) is 0 Å². The zero-order valence-electron chi connectivity index (χ0n) is 20.7. The van der Waals surface area contributed by atoms with Crippen molar-refractivity contribution in [1.82, 2.24) is 0 Å². The summed E-state index contributed by atoms with van der Waals surface area (Å²) in [7, 11) is 0. The third-order valence-corrected chi connectivity index (χ3v) is 8.83. The lowest BCUT2D eigenvalue weighted by Gasteiger charge is -2.32. The van der Waals surface area contributed by atoms with Crippen molar-refractivity contribution in [1.29, 1.82) is 0 Å². The Kier molecular flexibility index (Phi) is 9.94. The minimum Gasteiger partial charge on any atom is -0.508 e. The van der Waals surface area contributed by atoms with E-state index in [2.05, 4.69) is 100 Å². The summed E-state index contributed by atoms with van der Waals surface area (Å²) >= 11 is 2.07. The van der Waals surface area contributed by atoms with Crippen molar-refractivity contribution in [3.63, 3.8) is 0 Å².